The molecule has 5 nitrogen and oxygen atoms in total. The van der Waals surface area contributed by atoms with Crippen LogP contribution >= 0.6 is 0 Å². The average molecular weight is 642 g/mol. The molecule has 50 heavy (non-hydrogen) atoms. The molecule has 4 aromatic heterocycles. The highest BCUT2D eigenvalue weighted by Crippen LogP contribution is 2.45. The molecule has 0 aliphatic carbocycles. The monoisotopic (exact) mass is 641 g/mol. The SMILES string of the molecule is c1ccc(-c2cc(-c3ccc(-c4cccc5c4oc4ccccc45)c4oc5ccccc5c34)nc(-c3ccccc3-c3cccnc3)n2)cc1. The van der Waals surface area contributed by atoms with Crippen LogP contribution in [0.5, 0.6) is 0 Å². The van der Waals surface area contributed by atoms with Crippen LogP contribution in [0.1, 0.15) is 0 Å². The lowest BCUT2D eigenvalue weighted by atomic mass is 9.95. The molecule has 0 aliphatic rings. The summed E-state index contributed by atoms with van der Waals surface area (Å²) in [5.74, 6) is 0.637. The summed E-state index contributed by atoms with van der Waals surface area (Å²) in [5.41, 5.74) is 11.8. The van der Waals surface area contributed by atoms with Crippen molar-refractivity contribution in [2.24, 2.45) is 0 Å². The number of hydrogen-bond acceptors (Lipinski definition) is 5. The van der Waals surface area contributed by atoms with Crippen LogP contribution in [0.3, 0.4) is 0 Å². The van der Waals surface area contributed by atoms with Gasteiger partial charge >= 0.3 is 0 Å². The van der Waals surface area contributed by atoms with E-state index in [-0.39, 0.29) is 0 Å². The molecule has 234 valence electrons. The molecule has 5 heteroatoms. The molecule has 0 bridgehead atoms. The van der Waals surface area contributed by atoms with Gasteiger partial charge < -0.3 is 8.83 Å². The maximum atomic E-state index is 6.74. The van der Waals surface area contributed by atoms with E-state index in [4.69, 9.17) is 18.8 Å². The van der Waals surface area contributed by atoms with Gasteiger partial charge in [-0.25, -0.2) is 9.97 Å². The van der Waals surface area contributed by atoms with Crippen LogP contribution in [0.25, 0.3) is 100 Å². The summed E-state index contributed by atoms with van der Waals surface area (Å²) >= 11 is 0. The summed E-state index contributed by atoms with van der Waals surface area (Å²) in [7, 11) is 0. The smallest absolute Gasteiger partial charge is 0.161 e. The molecule has 0 radical (unpaired) electrons. The maximum absolute atomic E-state index is 6.74. The molecule has 0 atom stereocenters. The molecule has 0 amide bonds. The van der Waals surface area contributed by atoms with Gasteiger partial charge in [-0.15, -0.1) is 0 Å². The van der Waals surface area contributed by atoms with Gasteiger partial charge in [0.15, 0.2) is 5.82 Å². The molecule has 10 aromatic rings. The van der Waals surface area contributed by atoms with Gasteiger partial charge in [-0.3, -0.25) is 4.98 Å². The number of aromatic nitrogens is 3. The van der Waals surface area contributed by atoms with Crippen molar-refractivity contribution in [1.82, 2.24) is 15.0 Å². The lowest BCUT2D eigenvalue weighted by Gasteiger charge is -2.14. The van der Waals surface area contributed by atoms with Gasteiger partial charge in [0.05, 0.1) is 11.4 Å². The lowest BCUT2D eigenvalue weighted by Crippen LogP contribution is -1.98. The highest BCUT2D eigenvalue weighted by atomic mass is 16.3. The Morgan fingerprint density at radius 3 is 1.86 bits per heavy atom. The first kappa shape index (κ1) is 28.2. The molecule has 0 saturated heterocycles. The number of pyridine rings is 1. The molecular formula is C45H27N3O2. The molecule has 0 saturated carbocycles. The Kier molecular flexibility index (Phi) is 6.42. The first-order valence-electron chi connectivity index (χ1n) is 16.6. The number of furan rings is 2. The lowest BCUT2D eigenvalue weighted by molar-refractivity contribution is 0.665. The molecule has 0 fully saturated rings. The highest BCUT2D eigenvalue weighted by Gasteiger charge is 2.22. The van der Waals surface area contributed by atoms with Crippen molar-refractivity contribution in [3.05, 3.63) is 164 Å². The van der Waals surface area contributed by atoms with Crippen molar-refractivity contribution in [3.8, 4) is 56.2 Å². The minimum atomic E-state index is 0.637. The van der Waals surface area contributed by atoms with Gasteiger partial charge in [-0.05, 0) is 35.9 Å². The second-order valence-corrected chi connectivity index (χ2v) is 12.4. The second-order valence-electron chi connectivity index (χ2n) is 12.4. The molecule has 6 aromatic carbocycles. The van der Waals surface area contributed by atoms with E-state index in [1.807, 2.05) is 72.9 Å². The van der Waals surface area contributed by atoms with Gasteiger partial charge in [0, 0.05) is 67.3 Å². The van der Waals surface area contributed by atoms with E-state index in [1.165, 1.54) is 0 Å². The van der Waals surface area contributed by atoms with Gasteiger partial charge in [0.1, 0.15) is 22.3 Å². The third-order valence-electron chi connectivity index (χ3n) is 9.43. The Balaban J connectivity index is 1.25. The van der Waals surface area contributed by atoms with Crippen molar-refractivity contribution >= 4 is 43.9 Å². The Hall–Kier alpha value is -6.85. The van der Waals surface area contributed by atoms with Crippen molar-refractivity contribution in [3.63, 3.8) is 0 Å². The van der Waals surface area contributed by atoms with Crippen LogP contribution in [0.2, 0.25) is 0 Å². The molecular weight excluding hydrogens is 615 g/mol. The zero-order valence-electron chi connectivity index (χ0n) is 26.7. The van der Waals surface area contributed by atoms with Crippen LogP contribution in [0, 0.1) is 0 Å². The summed E-state index contributed by atoms with van der Waals surface area (Å²) in [6, 6.07) is 51.6. The van der Waals surface area contributed by atoms with Gasteiger partial charge in [-0.1, -0.05) is 121 Å². The van der Waals surface area contributed by atoms with E-state index >= 15 is 0 Å². The maximum Gasteiger partial charge on any atom is 0.161 e. The molecule has 0 N–H and O–H groups in total. The standard InChI is InChI=1S/C45H27N3O2/c1-2-12-28(13-3-1)38-26-39(48-45(47-38)35-17-5-4-15-30(35)29-14-11-25-46-27-29)36-24-23-34(44-42(36)37-18-7-9-22-41(37)50-44)33-20-10-19-32-31-16-6-8-21-40(31)49-43(32)33/h1-27H. The Labute approximate surface area is 287 Å². The predicted molar refractivity (Wildman–Crippen MR) is 202 cm³/mol. The number of benzene rings is 6. The van der Waals surface area contributed by atoms with E-state index in [0.29, 0.717) is 5.82 Å². The van der Waals surface area contributed by atoms with Crippen LogP contribution in [0.4, 0.5) is 0 Å². The van der Waals surface area contributed by atoms with E-state index in [0.717, 1.165) is 94.2 Å². The minimum Gasteiger partial charge on any atom is -0.455 e. The molecule has 0 spiro atoms. The van der Waals surface area contributed by atoms with Crippen LogP contribution in [-0.4, -0.2) is 15.0 Å². The number of nitrogens with zero attached hydrogens (tertiary/aromatic N) is 3. The molecule has 0 aliphatic heterocycles. The fourth-order valence-electron chi connectivity index (χ4n) is 7.13. The Bertz CT molecular complexity index is 2870. The van der Waals surface area contributed by atoms with Crippen molar-refractivity contribution in [2.75, 3.05) is 0 Å². The molecule has 4 heterocycles. The van der Waals surface area contributed by atoms with Crippen LogP contribution < -0.4 is 0 Å². The summed E-state index contributed by atoms with van der Waals surface area (Å²) < 4.78 is 13.2. The number of fused-ring (bicyclic) bond motifs is 6. The van der Waals surface area contributed by atoms with E-state index in [1.54, 1.807) is 6.20 Å². The fourth-order valence-corrected chi connectivity index (χ4v) is 7.13. The zero-order valence-corrected chi connectivity index (χ0v) is 26.7. The topological polar surface area (TPSA) is 65.0 Å². The zero-order chi connectivity index (χ0) is 33.0. The van der Waals surface area contributed by atoms with Crippen molar-refractivity contribution < 1.29 is 8.83 Å². The predicted octanol–water partition coefficient (Wildman–Crippen LogP) is 12.0. The number of rotatable bonds is 5. The molecule has 0 unspecified atom stereocenters. The van der Waals surface area contributed by atoms with Gasteiger partial charge in [-0.2, -0.15) is 0 Å². The number of para-hydroxylation sites is 3. The molecule has 10 rings (SSSR count). The van der Waals surface area contributed by atoms with E-state index < -0.39 is 0 Å². The third-order valence-corrected chi connectivity index (χ3v) is 9.43. The second kappa shape index (κ2) is 11.4. The minimum absolute atomic E-state index is 0.637. The summed E-state index contributed by atoms with van der Waals surface area (Å²) in [6.45, 7) is 0. The van der Waals surface area contributed by atoms with Gasteiger partial charge in [0.25, 0.3) is 0 Å². The van der Waals surface area contributed by atoms with Gasteiger partial charge in [0.2, 0.25) is 0 Å². The third kappa shape index (κ3) is 4.52. The van der Waals surface area contributed by atoms with Crippen molar-refractivity contribution in [2.45, 2.75) is 0 Å². The average Bonchev–Trinajstić information content (AvgIpc) is 3.77. The van der Waals surface area contributed by atoms with E-state index in [9.17, 15) is 0 Å². The first-order chi connectivity index (χ1) is 24.8. The highest BCUT2D eigenvalue weighted by molar-refractivity contribution is 6.18. The summed E-state index contributed by atoms with van der Waals surface area (Å²) in [5, 5.41) is 4.19. The van der Waals surface area contributed by atoms with E-state index in [2.05, 4.69) is 89.9 Å². The summed E-state index contributed by atoms with van der Waals surface area (Å²) in [6.07, 6.45) is 3.67. The number of hydrogen-bond donors (Lipinski definition) is 0. The largest absolute Gasteiger partial charge is 0.455 e. The quantitative estimate of drug-likeness (QED) is 0.187. The first-order valence-corrected chi connectivity index (χ1v) is 16.6. The fraction of sp³-hybridized carbons (Fsp3) is 0. The normalized spacial score (nSPS) is 11.6. The van der Waals surface area contributed by atoms with Crippen molar-refractivity contribution in [1.29, 1.82) is 0 Å². The van der Waals surface area contributed by atoms with Crippen LogP contribution in [-0.2, 0) is 0 Å². The Morgan fingerprint density at radius 1 is 0.400 bits per heavy atom. The van der Waals surface area contributed by atoms with Crippen LogP contribution in [0.15, 0.2) is 173 Å². The Morgan fingerprint density at radius 2 is 1.02 bits per heavy atom. The summed E-state index contributed by atoms with van der Waals surface area (Å²) in [4.78, 5) is 14.9.